The molecule has 0 saturated heterocycles. The molecule has 0 aromatic heterocycles. The Hall–Kier alpha value is -1.15. The highest BCUT2D eigenvalue weighted by Gasteiger charge is 2.51. The van der Waals surface area contributed by atoms with Crippen LogP contribution in [0.4, 0.5) is 0 Å². The van der Waals surface area contributed by atoms with Crippen molar-refractivity contribution in [3.8, 4) is 0 Å². The van der Waals surface area contributed by atoms with Gasteiger partial charge in [0.05, 0.1) is 6.61 Å². The molecule has 1 saturated carbocycles. The molecule has 0 aromatic carbocycles. The van der Waals surface area contributed by atoms with Crippen molar-refractivity contribution in [1.29, 1.82) is 0 Å². The lowest BCUT2D eigenvalue weighted by molar-refractivity contribution is -0.220. The Morgan fingerprint density at radius 1 is 0.600 bits per heavy atom. The summed E-state index contributed by atoms with van der Waals surface area (Å²) in [4.78, 5) is 34.4. The molecule has 0 bridgehead atoms. The van der Waals surface area contributed by atoms with E-state index in [1.807, 2.05) is 0 Å². The van der Waals surface area contributed by atoms with Gasteiger partial charge in [0.2, 0.25) is 0 Å². The molecule has 0 spiro atoms. The number of ether oxygens (including phenoxy) is 2. The van der Waals surface area contributed by atoms with Crippen molar-refractivity contribution in [3.63, 3.8) is 0 Å². The molecule has 266 valence electrons. The van der Waals surface area contributed by atoms with Crippen LogP contribution in [0.25, 0.3) is 0 Å². The van der Waals surface area contributed by atoms with Crippen molar-refractivity contribution >= 4 is 19.8 Å². The van der Waals surface area contributed by atoms with Crippen molar-refractivity contribution in [1.82, 2.24) is 0 Å². The van der Waals surface area contributed by atoms with Gasteiger partial charge in [-0.3, -0.25) is 18.6 Å². The van der Waals surface area contributed by atoms with Crippen LogP contribution in [0.2, 0.25) is 0 Å². The predicted molar refractivity (Wildman–Crippen MR) is 166 cm³/mol. The molecule has 0 radical (unpaired) electrons. The molecule has 0 amide bonds. The first-order valence-electron chi connectivity index (χ1n) is 16.8. The van der Waals surface area contributed by atoms with Crippen molar-refractivity contribution in [2.45, 2.75) is 172 Å². The fourth-order valence-corrected chi connectivity index (χ4v) is 6.12. The summed E-state index contributed by atoms with van der Waals surface area (Å²) in [6, 6.07) is 0. The molecule has 3 unspecified atom stereocenters. The van der Waals surface area contributed by atoms with E-state index in [2.05, 4.69) is 6.92 Å². The number of hydrogen-bond donors (Lipinski definition) is 6. The van der Waals surface area contributed by atoms with Crippen LogP contribution >= 0.6 is 7.82 Å². The molecule has 1 fully saturated rings. The zero-order valence-electron chi connectivity index (χ0n) is 27.2. The lowest BCUT2D eigenvalue weighted by Gasteiger charge is -2.41. The fourth-order valence-electron chi connectivity index (χ4n) is 5.15. The number of hydrogen-bond acceptors (Lipinski definition) is 12. The lowest BCUT2D eigenvalue weighted by Crippen LogP contribution is -2.64. The molecule has 14 heteroatoms. The monoisotopic (exact) mass is 670 g/mol. The maximum absolute atomic E-state index is 12.5. The number of esters is 2. The Morgan fingerprint density at radius 2 is 1.04 bits per heavy atom. The molecule has 1 rings (SSSR count). The maximum atomic E-state index is 12.5. The Bertz CT molecular complexity index is 828. The minimum atomic E-state index is -5.07. The van der Waals surface area contributed by atoms with E-state index in [-0.39, 0.29) is 12.8 Å². The number of aliphatic hydroxyl groups is 5. The Labute approximate surface area is 268 Å². The van der Waals surface area contributed by atoms with Gasteiger partial charge < -0.3 is 39.9 Å². The minimum absolute atomic E-state index is 0.0510. The van der Waals surface area contributed by atoms with Gasteiger partial charge in [-0.1, -0.05) is 104 Å². The number of unbranched alkanes of at least 4 members (excludes halogenated alkanes) is 14. The topological polar surface area (TPSA) is 210 Å². The zero-order chi connectivity index (χ0) is 33.7. The van der Waals surface area contributed by atoms with Crippen LogP contribution in [0.3, 0.4) is 0 Å². The third-order valence-electron chi connectivity index (χ3n) is 7.92. The van der Waals surface area contributed by atoms with E-state index in [0.717, 1.165) is 19.3 Å². The van der Waals surface area contributed by atoms with Crippen LogP contribution < -0.4 is 0 Å². The van der Waals surface area contributed by atoms with Crippen molar-refractivity contribution in [2.75, 3.05) is 13.2 Å². The number of carbonyl (C=O) groups excluding carboxylic acids is 2. The van der Waals surface area contributed by atoms with E-state index < -0.39 is 75.7 Å². The number of rotatable bonds is 26. The molecule has 13 nitrogen and oxygen atoms in total. The molecule has 45 heavy (non-hydrogen) atoms. The van der Waals surface area contributed by atoms with E-state index in [1.165, 1.54) is 70.6 Å². The van der Waals surface area contributed by atoms with Crippen molar-refractivity contribution in [3.05, 3.63) is 0 Å². The lowest BCUT2D eigenvalue weighted by atomic mass is 9.85. The molecular weight excluding hydrogens is 611 g/mol. The summed E-state index contributed by atoms with van der Waals surface area (Å²) in [6.45, 7) is 2.81. The minimum Gasteiger partial charge on any atom is -0.462 e. The molecular formula is C31H59O13P. The van der Waals surface area contributed by atoms with Crippen LogP contribution in [0.1, 0.15) is 129 Å². The predicted octanol–water partition coefficient (Wildman–Crippen LogP) is 3.82. The standard InChI is InChI=1S/C31H59O13P/c1-3-5-6-7-8-9-10-11-12-13-14-15-16-17-18-20-24(32)41-21-23(43-25(33)19-4-2)22-42-45(39,40)44-31-29(37)27(35)26(34)28(36)30(31)38/h23,26-31,34-38H,3-22H2,1-2H3,(H,39,40)/t23-,26?,27-,28+,29-,30-,31?/m1/s1. The van der Waals surface area contributed by atoms with Gasteiger partial charge in [0, 0.05) is 12.8 Å². The first-order valence-corrected chi connectivity index (χ1v) is 18.3. The molecule has 8 atom stereocenters. The average Bonchev–Trinajstić information content (AvgIpc) is 3.00. The summed E-state index contributed by atoms with van der Waals surface area (Å²) in [5, 5.41) is 49.3. The van der Waals surface area contributed by atoms with Gasteiger partial charge in [-0.15, -0.1) is 0 Å². The van der Waals surface area contributed by atoms with Crippen LogP contribution in [0, 0.1) is 0 Å². The Balaban J connectivity index is 2.33. The molecule has 1 aliphatic rings. The summed E-state index contributed by atoms with van der Waals surface area (Å²) in [6.07, 6.45) is 5.58. The SMILES string of the molecule is CCCCCCCCCCCCCCCCCC(=O)OC[C@H](COP(=O)(O)OC1[C@H](O)[C@H](O)C(O)[C@H](O)[C@H]1O)OC(=O)CCC. The fraction of sp³-hybridized carbons (Fsp3) is 0.935. The van der Waals surface area contributed by atoms with E-state index in [0.29, 0.717) is 12.8 Å². The Morgan fingerprint density at radius 3 is 1.51 bits per heavy atom. The van der Waals surface area contributed by atoms with Gasteiger partial charge in [0.15, 0.2) is 6.10 Å². The molecule has 0 aromatic rings. The zero-order valence-corrected chi connectivity index (χ0v) is 28.1. The maximum Gasteiger partial charge on any atom is 0.472 e. The molecule has 1 aliphatic carbocycles. The first-order chi connectivity index (χ1) is 21.4. The van der Waals surface area contributed by atoms with E-state index in [4.69, 9.17) is 18.5 Å². The third-order valence-corrected chi connectivity index (χ3v) is 8.90. The first kappa shape index (κ1) is 41.9. The number of phosphoric acid groups is 1. The normalized spacial score (nSPS) is 25.4. The van der Waals surface area contributed by atoms with Gasteiger partial charge in [-0.2, -0.15) is 0 Å². The Kier molecular flexibility index (Phi) is 22.4. The van der Waals surface area contributed by atoms with Gasteiger partial charge in [0.1, 0.15) is 43.2 Å². The number of carbonyl (C=O) groups is 2. The van der Waals surface area contributed by atoms with Crippen molar-refractivity contribution in [2.24, 2.45) is 0 Å². The number of aliphatic hydroxyl groups excluding tert-OH is 5. The van der Waals surface area contributed by atoms with Crippen molar-refractivity contribution < 1.29 is 63.1 Å². The average molecular weight is 671 g/mol. The smallest absolute Gasteiger partial charge is 0.462 e. The quantitative estimate of drug-likeness (QED) is 0.0440. The highest BCUT2D eigenvalue weighted by Crippen LogP contribution is 2.47. The largest absolute Gasteiger partial charge is 0.472 e. The van der Waals surface area contributed by atoms with Crippen LogP contribution in [0.15, 0.2) is 0 Å². The second-order valence-corrected chi connectivity index (χ2v) is 13.4. The summed E-state index contributed by atoms with van der Waals surface area (Å²) in [5.41, 5.74) is 0. The van der Waals surface area contributed by atoms with Crippen LogP contribution in [0.5, 0.6) is 0 Å². The summed E-state index contributed by atoms with van der Waals surface area (Å²) in [7, 11) is -5.07. The molecule has 0 aliphatic heterocycles. The summed E-state index contributed by atoms with van der Waals surface area (Å²) in [5.74, 6) is -1.16. The second kappa shape index (κ2) is 24.1. The second-order valence-electron chi connectivity index (χ2n) is 12.0. The van der Waals surface area contributed by atoms with Crippen LogP contribution in [-0.4, -0.2) is 98.3 Å². The van der Waals surface area contributed by atoms with E-state index in [9.17, 15) is 44.6 Å². The van der Waals surface area contributed by atoms with E-state index in [1.54, 1.807) is 6.92 Å². The van der Waals surface area contributed by atoms with Gasteiger partial charge in [-0.05, 0) is 12.8 Å². The highest BCUT2D eigenvalue weighted by molar-refractivity contribution is 7.47. The van der Waals surface area contributed by atoms with Gasteiger partial charge in [-0.25, -0.2) is 4.57 Å². The highest BCUT2D eigenvalue weighted by atomic mass is 31.2. The molecule has 0 heterocycles. The summed E-state index contributed by atoms with van der Waals surface area (Å²) < 4.78 is 32.6. The van der Waals surface area contributed by atoms with Crippen LogP contribution in [-0.2, 0) is 32.7 Å². The summed E-state index contributed by atoms with van der Waals surface area (Å²) >= 11 is 0. The van der Waals surface area contributed by atoms with Gasteiger partial charge >= 0.3 is 19.8 Å². The number of phosphoric ester groups is 1. The van der Waals surface area contributed by atoms with Gasteiger partial charge in [0.25, 0.3) is 0 Å². The third kappa shape index (κ3) is 18.1. The molecule has 6 N–H and O–H groups in total. The van der Waals surface area contributed by atoms with E-state index >= 15 is 0 Å².